The van der Waals surface area contributed by atoms with E-state index in [1.165, 1.54) is 46.2 Å². The fourth-order valence-electron chi connectivity index (χ4n) is 7.88. The van der Waals surface area contributed by atoms with Crippen LogP contribution in [0.15, 0.2) is 36.4 Å². The molecule has 14 nitrogen and oxygen atoms in total. The van der Waals surface area contributed by atoms with E-state index >= 15 is 8.78 Å². The van der Waals surface area contributed by atoms with Gasteiger partial charge in [-0.05, 0) is 65.0 Å². The smallest absolute Gasteiger partial charge is 0.245 e. The van der Waals surface area contributed by atoms with Crippen molar-refractivity contribution in [3.8, 4) is 11.6 Å². The summed E-state index contributed by atoms with van der Waals surface area (Å²) in [5.41, 5.74) is 1.40. The average Bonchev–Trinajstić information content (AvgIpc) is 3.96. The third kappa shape index (κ3) is 8.67. The van der Waals surface area contributed by atoms with E-state index in [2.05, 4.69) is 21.3 Å². The molecule has 2 aliphatic rings. The molecular formula is C40H52F4N10O4. The van der Waals surface area contributed by atoms with E-state index in [4.69, 9.17) is 9.97 Å². The second-order valence-corrected chi connectivity index (χ2v) is 15.3. The quantitative estimate of drug-likeness (QED) is 0.133. The van der Waals surface area contributed by atoms with E-state index in [9.17, 15) is 28.0 Å². The number of alkyl halides is 2. The minimum absolute atomic E-state index is 0.00199. The number of halogens is 4. The van der Waals surface area contributed by atoms with E-state index in [0.717, 1.165) is 0 Å². The number of aromatic nitrogens is 4. The van der Waals surface area contributed by atoms with Gasteiger partial charge < -0.3 is 40.2 Å². The van der Waals surface area contributed by atoms with Crippen molar-refractivity contribution >= 4 is 45.7 Å². The molecule has 2 fully saturated rings. The lowest BCUT2D eigenvalue weighted by molar-refractivity contribution is -0.138. The zero-order valence-electron chi connectivity index (χ0n) is 33.6. The van der Waals surface area contributed by atoms with Crippen molar-refractivity contribution in [1.29, 1.82) is 0 Å². The minimum Gasteiger partial charge on any atom is -0.343 e. The second kappa shape index (κ2) is 17.8. The summed E-state index contributed by atoms with van der Waals surface area (Å²) < 4.78 is 63.5. The fourth-order valence-corrected chi connectivity index (χ4v) is 7.88. The number of hydrogen-bond donors (Lipinski definition) is 4. The van der Waals surface area contributed by atoms with Crippen molar-refractivity contribution in [2.75, 3.05) is 27.2 Å². The maximum absolute atomic E-state index is 15.3. The Bertz CT molecular complexity index is 2010. The van der Waals surface area contributed by atoms with Gasteiger partial charge in [0.05, 0.1) is 59.3 Å². The third-order valence-electron chi connectivity index (χ3n) is 11.4. The lowest BCUT2D eigenvalue weighted by atomic mass is 10.1. The number of likely N-dealkylation sites (N-methyl/N-ethyl adjacent to an activating group) is 2. The van der Waals surface area contributed by atoms with E-state index in [-0.39, 0.29) is 86.4 Å². The number of fused-ring (bicyclic) bond motifs is 2. The SMILES string of the molecule is CC[C@@H](NC(=O)[C@@H](C)NC)C(=O)N1CC(F)C[C@H]1Cn1c(-c2nc3cc(F)ccc3n2C[C@@H]2CC(F)CN2C(=O)[C@@H](CC)NC(=O)[C@@H](C)NC)nc2cc(F)ccc21. The molecule has 18 heteroatoms. The molecule has 58 heavy (non-hydrogen) atoms. The van der Waals surface area contributed by atoms with Gasteiger partial charge >= 0.3 is 0 Å². The van der Waals surface area contributed by atoms with Gasteiger partial charge in [-0.2, -0.15) is 0 Å². The predicted molar refractivity (Wildman–Crippen MR) is 210 cm³/mol. The van der Waals surface area contributed by atoms with Crippen molar-refractivity contribution in [2.45, 2.75) is 115 Å². The Hall–Kier alpha value is -5.10. The molecule has 4 N–H and O–H groups in total. The van der Waals surface area contributed by atoms with Crippen LogP contribution in [0.4, 0.5) is 17.6 Å². The molecule has 4 amide bonds. The Balaban J connectivity index is 1.40. The van der Waals surface area contributed by atoms with E-state index < -0.39 is 72.0 Å². The van der Waals surface area contributed by atoms with Crippen LogP contribution in [0.25, 0.3) is 33.7 Å². The molecule has 2 aliphatic heterocycles. The van der Waals surface area contributed by atoms with Crippen LogP contribution in [0.3, 0.4) is 0 Å². The molecule has 2 aromatic heterocycles. The van der Waals surface area contributed by atoms with Crippen LogP contribution in [-0.2, 0) is 32.3 Å². The summed E-state index contributed by atoms with van der Waals surface area (Å²) in [7, 11) is 3.25. The van der Waals surface area contributed by atoms with Crippen molar-refractivity contribution in [1.82, 2.24) is 50.2 Å². The molecule has 0 aliphatic carbocycles. The predicted octanol–water partition coefficient (Wildman–Crippen LogP) is 3.21. The van der Waals surface area contributed by atoms with Gasteiger partial charge in [-0.25, -0.2) is 27.5 Å². The molecule has 6 rings (SSSR count). The van der Waals surface area contributed by atoms with Crippen molar-refractivity contribution in [3.05, 3.63) is 48.0 Å². The molecule has 8 atom stereocenters. The third-order valence-corrected chi connectivity index (χ3v) is 11.4. The van der Waals surface area contributed by atoms with Crippen molar-refractivity contribution in [2.24, 2.45) is 0 Å². The summed E-state index contributed by atoms with van der Waals surface area (Å²) in [5.74, 6) is -2.38. The first-order chi connectivity index (χ1) is 27.7. The lowest BCUT2D eigenvalue weighted by Crippen LogP contribution is -2.53. The van der Waals surface area contributed by atoms with Crippen molar-refractivity contribution in [3.63, 3.8) is 0 Å². The molecule has 2 saturated heterocycles. The van der Waals surface area contributed by atoms with Gasteiger partial charge in [-0.15, -0.1) is 0 Å². The first kappa shape index (κ1) is 42.5. The number of nitrogens with zero attached hydrogens (tertiary/aromatic N) is 6. The van der Waals surface area contributed by atoms with E-state index in [0.29, 0.717) is 11.0 Å². The van der Waals surface area contributed by atoms with Gasteiger partial charge in [-0.1, -0.05) is 13.8 Å². The fraction of sp³-hybridized carbons (Fsp3) is 0.550. The average molecular weight is 813 g/mol. The molecule has 0 radical (unpaired) electrons. The van der Waals surface area contributed by atoms with Gasteiger partial charge in [-0.3, -0.25) is 19.2 Å². The maximum atomic E-state index is 15.3. The van der Waals surface area contributed by atoms with Gasteiger partial charge in [0.1, 0.15) is 36.1 Å². The summed E-state index contributed by atoms with van der Waals surface area (Å²) in [6.07, 6.45) is -2.24. The Morgan fingerprint density at radius 2 is 1.07 bits per heavy atom. The molecule has 4 aromatic rings. The van der Waals surface area contributed by atoms with Crippen molar-refractivity contribution < 1.29 is 36.7 Å². The second-order valence-electron chi connectivity index (χ2n) is 15.3. The van der Waals surface area contributed by atoms with Crippen LogP contribution in [0.1, 0.15) is 53.4 Å². The zero-order chi connectivity index (χ0) is 42.0. The molecule has 0 saturated carbocycles. The standard InChI is InChI=1S/C40H52F4N10O4/c1-7-29(49-37(55)21(3)45-5)39(57)51-17-25(43)13-27(51)19-53-33-11-9-23(41)15-31(33)47-35(53)36-48-32-16-24(42)10-12-34(32)54(36)20-28-14-26(44)18-52(28)40(58)30(8-2)50-38(56)22(4)46-6/h9-12,15-16,21-22,25-30,45-46H,7-8,13-14,17-20H2,1-6H3,(H,49,55)(H,50,56)/t21-,22-,25?,26?,27+,28+,29-,30-/m1/s1. The molecular weight excluding hydrogens is 760 g/mol. The van der Waals surface area contributed by atoms with Crippen LogP contribution < -0.4 is 21.3 Å². The maximum Gasteiger partial charge on any atom is 0.245 e. The number of imidazole rings is 2. The zero-order valence-corrected chi connectivity index (χ0v) is 33.6. The topological polar surface area (TPSA) is 159 Å². The van der Waals surface area contributed by atoms with E-state index in [1.807, 2.05) is 0 Å². The Morgan fingerprint density at radius 3 is 1.41 bits per heavy atom. The number of hydrogen-bond acceptors (Lipinski definition) is 8. The normalized spacial score (nSPS) is 21.7. The Kier molecular flexibility index (Phi) is 13.0. The summed E-state index contributed by atoms with van der Waals surface area (Å²) >= 11 is 0. The number of carbonyl (C=O) groups excluding carboxylic acids is 4. The first-order valence-corrected chi connectivity index (χ1v) is 19.8. The monoisotopic (exact) mass is 812 g/mol. The summed E-state index contributed by atoms with van der Waals surface area (Å²) in [4.78, 5) is 65.8. The van der Waals surface area contributed by atoms with Crippen LogP contribution in [0.2, 0.25) is 0 Å². The highest BCUT2D eigenvalue weighted by Crippen LogP contribution is 2.34. The highest BCUT2D eigenvalue weighted by atomic mass is 19.1. The highest BCUT2D eigenvalue weighted by molar-refractivity contribution is 5.91. The molecule has 0 bridgehead atoms. The van der Waals surface area contributed by atoms with Crippen LogP contribution >= 0.6 is 0 Å². The first-order valence-electron chi connectivity index (χ1n) is 19.8. The van der Waals surface area contributed by atoms with E-state index in [1.54, 1.807) is 50.9 Å². The molecule has 2 unspecified atom stereocenters. The lowest BCUT2D eigenvalue weighted by Gasteiger charge is -2.30. The minimum atomic E-state index is -1.36. The Labute approximate surface area is 334 Å². The summed E-state index contributed by atoms with van der Waals surface area (Å²) in [6, 6.07) is 3.66. The van der Waals surface area contributed by atoms with Gasteiger partial charge in [0.25, 0.3) is 0 Å². The van der Waals surface area contributed by atoms with Gasteiger partial charge in [0, 0.05) is 38.1 Å². The van der Waals surface area contributed by atoms with Gasteiger partial charge in [0.15, 0.2) is 11.6 Å². The number of rotatable bonds is 15. The van der Waals surface area contributed by atoms with Crippen LogP contribution in [0, 0.1) is 11.6 Å². The summed E-state index contributed by atoms with van der Waals surface area (Å²) in [5, 5.41) is 11.2. The Morgan fingerprint density at radius 1 is 0.690 bits per heavy atom. The molecule has 314 valence electrons. The number of amides is 4. The number of nitrogens with one attached hydrogen (secondary N) is 4. The van der Waals surface area contributed by atoms with Crippen LogP contribution in [0.5, 0.6) is 0 Å². The number of benzene rings is 2. The molecule has 4 heterocycles. The summed E-state index contributed by atoms with van der Waals surface area (Å²) in [6.45, 7) is 6.42. The number of carbonyl (C=O) groups is 4. The molecule has 2 aromatic carbocycles. The number of likely N-dealkylation sites (tertiary alicyclic amines) is 2. The highest BCUT2D eigenvalue weighted by Gasteiger charge is 2.41. The largest absolute Gasteiger partial charge is 0.343 e. The van der Waals surface area contributed by atoms with Crippen LogP contribution in [-0.4, -0.2) is 128 Å². The molecule has 0 spiro atoms. The van der Waals surface area contributed by atoms with Gasteiger partial charge in [0.2, 0.25) is 23.6 Å².